The summed E-state index contributed by atoms with van der Waals surface area (Å²) < 4.78 is 16.3. The zero-order valence-electron chi connectivity index (χ0n) is 14.0. The SMILES string of the molecule is Cl.NC1CCN(c2nc3c(cc2F)c(=O)c(C(=O)O)cn3C2CCC2)C1. The first kappa shape index (κ1) is 18.6. The normalized spacial score (nSPS) is 20.1. The van der Waals surface area contributed by atoms with Crippen LogP contribution in [0.1, 0.15) is 42.1 Å². The van der Waals surface area contributed by atoms with Gasteiger partial charge in [-0.15, -0.1) is 12.4 Å². The number of halogens is 2. The van der Waals surface area contributed by atoms with Crippen molar-refractivity contribution in [3.63, 3.8) is 0 Å². The lowest BCUT2D eigenvalue weighted by Gasteiger charge is -2.30. The van der Waals surface area contributed by atoms with Crippen molar-refractivity contribution < 1.29 is 14.3 Å². The molecule has 0 spiro atoms. The fraction of sp³-hybridized carbons (Fsp3) is 0.471. The summed E-state index contributed by atoms with van der Waals surface area (Å²) >= 11 is 0. The average Bonchev–Trinajstić information content (AvgIpc) is 2.94. The second-order valence-electron chi connectivity index (χ2n) is 6.83. The van der Waals surface area contributed by atoms with Gasteiger partial charge in [-0.1, -0.05) is 0 Å². The van der Waals surface area contributed by atoms with Crippen molar-refractivity contribution in [3.05, 3.63) is 33.9 Å². The molecule has 1 atom stereocenters. The van der Waals surface area contributed by atoms with E-state index in [4.69, 9.17) is 5.73 Å². The Bertz CT molecular complexity index is 928. The molecule has 1 saturated carbocycles. The van der Waals surface area contributed by atoms with E-state index in [0.717, 1.165) is 31.7 Å². The summed E-state index contributed by atoms with van der Waals surface area (Å²) in [5.41, 5.74) is 5.19. The predicted octanol–water partition coefficient (Wildman–Crippen LogP) is 1.92. The van der Waals surface area contributed by atoms with E-state index in [9.17, 15) is 19.1 Å². The fourth-order valence-corrected chi connectivity index (χ4v) is 3.53. The lowest BCUT2D eigenvalue weighted by molar-refractivity contribution is 0.0694. The molecule has 0 aromatic carbocycles. The van der Waals surface area contributed by atoms with Crippen LogP contribution >= 0.6 is 12.4 Å². The van der Waals surface area contributed by atoms with Gasteiger partial charge in [0.05, 0.1) is 5.39 Å². The van der Waals surface area contributed by atoms with Crippen molar-refractivity contribution in [3.8, 4) is 0 Å². The van der Waals surface area contributed by atoms with E-state index in [2.05, 4.69) is 4.98 Å². The Labute approximate surface area is 155 Å². The van der Waals surface area contributed by atoms with Crippen LogP contribution in [-0.2, 0) is 0 Å². The highest BCUT2D eigenvalue weighted by molar-refractivity contribution is 5.92. The molecule has 2 fully saturated rings. The maximum absolute atomic E-state index is 14.6. The molecule has 9 heteroatoms. The third kappa shape index (κ3) is 2.93. The van der Waals surface area contributed by atoms with Crippen molar-refractivity contribution in [1.82, 2.24) is 9.55 Å². The lowest BCUT2D eigenvalue weighted by atomic mass is 9.92. The minimum absolute atomic E-state index is 0. The Morgan fingerprint density at radius 3 is 2.62 bits per heavy atom. The van der Waals surface area contributed by atoms with Crippen LogP contribution in [0.3, 0.4) is 0 Å². The number of hydrogen-bond donors (Lipinski definition) is 2. The fourth-order valence-electron chi connectivity index (χ4n) is 3.53. The van der Waals surface area contributed by atoms with Crippen LogP contribution in [0, 0.1) is 5.82 Å². The van der Waals surface area contributed by atoms with Gasteiger partial charge in [0, 0.05) is 31.4 Å². The van der Waals surface area contributed by atoms with Crippen molar-refractivity contribution >= 4 is 35.2 Å². The predicted molar refractivity (Wildman–Crippen MR) is 97.9 cm³/mol. The third-order valence-electron chi connectivity index (χ3n) is 5.16. The summed E-state index contributed by atoms with van der Waals surface area (Å²) in [5.74, 6) is -1.76. The van der Waals surface area contributed by atoms with Gasteiger partial charge >= 0.3 is 5.97 Å². The van der Waals surface area contributed by atoms with Gasteiger partial charge in [-0.25, -0.2) is 14.2 Å². The van der Waals surface area contributed by atoms with Crippen LogP contribution in [0.4, 0.5) is 10.2 Å². The van der Waals surface area contributed by atoms with Gasteiger partial charge in [0.2, 0.25) is 5.43 Å². The first-order valence-electron chi connectivity index (χ1n) is 8.45. The molecule has 2 aromatic rings. The van der Waals surface area contributed by atoms with Crippen molar-refractivity contribution in [2.24, 2.45) is 5.73 Å². The van der Waals surface area contributed by atoms with E-state index in [1.807, 2.05) is 0 Å². The molecule has 1 unspecified atom stereocenters. The summed E-state index contributed by atoms with van der Waals surface area (Å²) in [7, 11) is 0. The first-order valence-corrected chi connectivity index (χ1v) is 8.45. The van der Waals surface area contributed by atoms with E-state index in [0.29, 0.717) is 18.7 Å². The van der Waals surface area contributed by atoms with Gasteiger partial charge in [-0.2, -0.15) is 0 Å². The lowest BCUT2D eigenvalue weighted by Crippen LogP contribution is -2.29. The van der Waals surface area contributed by atoms with Gasteiger partial charge in [-0.3, -0.25) is 4.79 Å². The van der Waals surface area contributed by atoms with Gasteiger partial charge in [0.25, 0.3) is 0 Å². The highest BCUT2D eigenvalue weighted by Crippen LogP contribution is 2.34. The van der Waals surface area contributed by atoms with E-state index in [1.165, 1.54) is 6.20 Å². The zero-order chi connectivity index (χ0) is 17.7. The van der Waals surface area contributed by atoms with Gasteiger partial charge in [0.15, 0.2) is 11.6 Å². The third-order valence-corrected chi connectivity index (χ3v) is 5.16. The van der Waals surface area contributed by atoms with Gasteiger partial charge in [0.1, 0.15) is 11.2 Å². The number of carbonyl (C=O) groups is 1. The Morgan fingerprint density at radius 1 is 1.35 bits per heavy atom. The van der Waals surface area contributed by atoms with Crippen LogP contribution in [0.15, 0.2) is 17.1 Å². The number of anilines is 1. The molecule has 3 heterocycles. The smallest absolute Gasteiger partial charge is 0.341 e. The number of rotatable bonds is 3. The molecular formula is C17H20ClFN4O3. The Balaban J connectivity index is 0.00000196. The monoisotopic (exact) mass is 382 g/mol. The van der Waals surface area contributed by atoms with Crippen LogP contribution in [0.25, 0.3) is 11.0 Å². The number of aromatic nitrogens is 2. The maximum Gasteiger partial charge on any atom is 0.341 e. The molecule has 140 valence electrons. The molecule has 1 aliphatic heterocycles. The van der Waals surface area contributed by atoms with Crippen molar-refractivity contribution in [2.75, 3.05) is 18.0 Å². The minimum atomic E-state index is -1.31. The number of nitrogens with zero attached hydrogens (tertiary/aromatic N) is 3. The second kappa shape index (κ2) is 6.85. The molecule has 0 bridgehead atoms. The quantitative estimate of drug-likeness (QED) is 0.840. The Kier molecular flexibility index (Phi) is 4.90. The Hall–Kier alpha value is -2.19. The maximum atomic E-state index is 14.6. The number of nitrogens with two attached hydrogens (primary N) is 1. The van der Waals surface area contributed by atoms with Crippen LogP contribution in [0.2, 0.25) is 0 Å². The molecule has 0 radical (unpaired) electrons. The van der Waals surface area contributed by atoms with Crippen LogP contribution < -0.4 is 16.1 Å². The molecule has 3 N–H and O–H groups in total. The Morgan fingerprint density at radius 2 is 2.08 bits per heavy atom. The molecule has 7 nitrogen and oxygen atoms in total. The summed E-state index contributed by atoms with van der Waals surface area (Å²) in [6.45, 7) is 1.12. The topological polar surface area (TPSA) is 101 Å². The number of aromatic carboxylic acids is 1. The van der Waals surface area contributed by atoms with Crippen LogP contribution in [-0.4, -0.2) is 39.8 Å². The number of fused-ring (bicyclic) bond motifs is 1. The summed E-state index contributed by atoms with van der Waals surface area (Å²) in [6.07, 6.45) is 4.92. The largest absolute Gasteiger partial charge is 0.477 e. The van der Waals surface area contributed by atoms with Crippen LogP contribution in [0.5, 0.6) is 0 Å². The number of pyridine rings is 2. The molecule has 4 rings (SSSR count). The number of hydrogen-bond acceptors (Lipinski definition) is 5. The summed E-state index contributed by atoms with van der Waals surface area (Å²) in [4.78, 5) is 30.0. The van der Waals surface area contributed by atoms with E-state index in [-0.39, 0.29) is 41.3 Å². The van der Waals surface area contributed by atoms with E-state index in [1.54, 1.807) is 9.47 Å². The molecule has 1 aliphatic carbocycles. The standard InChI is InChI=1S/C17H19FN4O3.ClH/c18-13-6-11-14(23)12(17(24)25)8-22(10-2-1-3-10)15(11)20-16(13)21-5-4-9(19)7-21;/h6,8-10H,1-5,7,19H2,(H,24,25);1H. The highest BCUT2D eigenvalue weighted by Gasteiger charge is 2.28. The van der Waals surface area contributed by atoms with E-state index >= 15 is 0 Å². The first-order chi connectivity index (χ1) is 12.0. The highest BCUT2D eigenvalue weighted by atomic mass is 35.5. The van der Waals surface area contributed by atoms with Gasteiger partial charge < -0.3 is 20.3 Å². The molecule has 2 aliphatic rings. The number of carboxylic acids is 1. The van der Waals surface area contributed by atoms with Crippen molar-refractivity contribution in [2.45, 2.75) is 37.8 Å². The molecule has 0 amide bonds. The van der Waals surface area contributed by atoms with E-state index < -0.39 is 17.2 Å². The summed E-state index contributed by atoms with van der Waals surface area (Å²) in [5, 5.41) is 9.31. The zero-order valence-corrected chi connectivity index (χ0v) is 14.8. The molecule has 1 saturated heterocycles. The number of carboxylic acid groups (broad SMARTS) is 1. The van der Waals surface area contributed by atoms with Gasteiger partial charge in [-0.05, 0) is 31.7 Å². The molecular weight excluding hydrogens is 363 g/mol. The molecule has 2 aromatic heterocycles. The average molecular weight is 383 g/mol. The van der Waals surface area contributed by atoms with Crippen molar-refractivity contribution in [1.29, 1.82) is 0 Å². The molecule has 26 heavy (non-hydrogen) atoms. The summed E-state index contributed by atoms with van der Waals surface area (Å²) in [6, 6.07) is 1.18. The second-order valence-corrected chi connectivity index (χ2v) is 6.83. The minimum Gasteiger partial charge on any atom is -0.477 e.